The zero-order valence-electron chi connectivity index (χ0n) is 14.6. The highest BCUT2D eigenvalue weighted by atomic mass is 19.1. The summed E-state index contributed by atoms with van der Waals surface area (Å²) in [6, 6.07) is 3.32. The smallest absolute Gasteiger partial charge is 0.407 e. The van der Waals surface area contributed by atoms with Crippen LogP contribution in [0.5, 0.6) is 0 Å². The van der Waals surface area contributed by atoms with Crippen molar-refractivity contribution in [3.63, 3.8) is 0 Å². The van der Waals surface area contributed by atoms with Crippen molar-refractivity contribution >= 4 is 11.8 Å². The average molecular weight is 362 g/mol. The van der Waals surface area contributed by atoms with E-state index in [1.807, 2.05) is 0 Å². The highest BCUT2D eigenvalue weighted by molar-refractivity contribution is 5.69. The molecule has 1 unspecified atom stereocenters. The predicted octanol–water partition coefficient (Wildman–Crippen LogP) is 3.68. The molecule has 0 saturated heterocycles. The summed E-state index contributed by atoms with van der Waals surface area (Å²) < 4.78 is 16.5. The molecule has 1 aliphatic rings. The summed E-state index contributed by atoms with van der Waals surface area (Å²) in [5.74, 6) is 0.0208. The minimum atomic E-state index is -1.13. The van der Waals surface area contributed by atoms with Crippen molar-refractivity contribution in [3.05, 3.63) is 45.6 Å². The molecule has 1 heterocycles. The lowest BCUT2D eigenvalue weighted by atomic mass is 10.0. The van der Waals surface area contributed by atoms with Gasteiger partial charge in [-0.2, -0.15) is 4.39 Å². The second kappa shape index (κ2) is 6.40. The Hall–Kier alpha value is -2.97. The topological polar surface area (TPSA) is 102 Å². The summed E-state index contributed by atoms with van der Waals surface area (Å²) in [5, 5.41) is 20.4. The molecule has 0 spiro atoms. The Morgan fingerprint density at radius 1 is 1.50 bits per heavy atom. The molecule has 1 aliphatic carbocycles. The Morgan fingerprint density at radius 3 is 2.69 bits per heavy atom. The molecule has 0 radical (unpaired) electrons. The summed E-state index contributed by atoms with van der Waals surface area (Å²) in [6.07, 6.45) is 0.798. The van der Waals surface area contributed by atoms with Gasteiger partial charge in [0.05, 0.1) is 22.4 Å². The maximum absolute atomic E-state index is 14.7. The number of rotatable bonds is 5. The lowest BCUT2D eigenvalue weighted by molar-refractivity contribution is -0.387. The first-order valence-corrected chi connectivity index (χ1v) is 8.19. The molecule has 9 heteroatoms. The van der Waals surface area contributed by atoms with Crippen LogP contribution in [0.25, 0.3) is 11.3 Å². The van der Waals surface area contributed by atoms with Gasteiger partial charge in [-0.3, -0.25) is 10.1 Å². The second-order valence-corrected chi connectivity index (χ2v) is 6.50. The molecule has 0 aliphatic heterocycles. The van der Waals surface area contributed by atoms with Crippen molar-refractivity contribution in [2.75, 3.05) is 7.05 Å². The number of aromatic nitrogens is 2. The molecule has 1 amide bonds. The van der Waals surface area contributed by atoms with E-state index in [9.17, 15) is 24.4 Å². The molecule has 1 fully saturated rings. The van der Waals surface area contributed by atoms with Crippen LogP contribution in [0.15, 0.2) is 18.2 Å². The van der Waals surface area contributed by atoms with Gasteiger partial charge in [0.2, 0.25) is 5.82 Å². The number of hydrogen-bond donors (Lipinski definition) is 1. The van der Waals surface area contributed by atoms with Gasteiger partial charge in [-0.15, -0.1) is 0 Å². The van der Waals surface area contributed by atoms with Crippen molar-refractivity contribution < 1.29 is 19.2 Å². The van der Waals surface area contributed by atoms with Crippen molar-refractivity contribution in [1.29, 1.82) is 0 Å². The quantitative estimate of drug-likeness (QED) is 0.646. The molecular formula is C17H19FN4O4. The number of hydrogen-bond acceptors (Lipinski definition) is 4. The van der Waals surface area contributed by atoms with Crippen LogP contribution in [-0.2, 0) is 7.05 Å². The number of carboxylic acid groups (broad SMARTS) is 1. The third-order valence-corrected chi connectivity index (χ3v) is 4.83. The fraction of sp³-hybridized carbons (Fsp3) is 0.412. The Bertz CT molecular complexity index is 891. The number of nitro benzene ring substituents is 1. The summed E-state index contributed by atoms with van der Waals surface area (Å²) in [4.78, 5) is 27.3. The van der Waals surface area contributed by atoms with Crippen LogP contribution in [0.3, 0.4) is 0 Å². The fourth-order valence-corrected chi connectivity index (χ4v) is 3.10. The molecule has 8 nitrogen and oxygen atoms in total. The number of halogens is 1. The van der Waals surface area contributed by atoms with Crippen LogP contribution in [0.2, 0.25) is 0 Å². The van der Waals surface area contributed by atoms with Gasteiger partial charge in [0.25, 0.3) is 0 Å². The van der Waals surface area contributed by atoms with Gasteiger partial charge in [0, 0.05) is 31.6 Å². The molecule has 0 bridgehead atoms. The van der Waals surface area contributed by atoms with Gasteiger partial charge < -0.3 is 14.6 Å². The van der Waals surface area contributed by atoms with E-state index in [1.165, 1.54) is 19.2 Å². The number of nitro groups is 1. The number of benzene rings is 1. The molecule has 3 rings (SSSR count). The zero-order valence-corrected chi connectivity index (χ0v) is 14.6. The van der Waals surface area contributed by atoms with E-state index in [-0.39, 0.29) is 17.2 Å². The monoisotopic (exact) mass is 362 g/mol. The lowest BCUT2D eigenvalue weighted by Gasteiger charge is -2.23. The largest absolute Gasteiger partial charge is 0.465 e. The van der Waals surface area contributed by atoms with E-state index in [2.05, 4.69) is 4.98 Å². The summed E-state index contributed by atoms with van der Waals surface area (Å²) >= 11 is 0. The number of amides is 1. The third-order valence-electron chi connectivity index (χ3n) is 4.83. The van der Waals surface area contributed by atoms with Gasteiger partial charge in [-0.05, 0) is 25.8 Å². The van der Waals surface area contributed by atoms with Crippen LogP contribution in [0.4, 0.5) is 14.9 Å². The van der Waals surface area contributed by atoms with Gasteiger partial charge in [-0.25, -0.2) is 9.78 Å². The van der Waals surface area contributed by atoms with Gasteiger partial charge >= 0.3 is 11.8 Å². The minimum Gasteiger partial charge on any atom is -0.465 e. The average Bonchev–Trinajstić information content (AvgIpc) is 3.37. The molecule has 1 aromatic heterocycles. The maximum atomic E-state index is 14.7. The molecule has 1 N–H and O–H groups in total. The Kier molecular flexibility index (Phi) is 4.39. The third kappa shape index (κ3) is 2.89. The first-order valence-electron chi connectivity index (χ1n) is 8.19. The highest BCUT2D eigenvalue weighted by Gasteiger charge is 2.34. The van der Waals surface area contributed by atoms with Crippen LogP contribution >= 0.6 is 0 Å². The Balaban J connectivity index is 2.21. The first-order chi connectivity index (χ1) is 12.2. The molecule has 2 aromatic rings. The van der Waals surface area contributed by atoms with Crippen molar-refractivity contribution in [2.24, 2.45) is 7.05 Å². The minimum absolute atomic E-state index is 0.00217. The number of imidazole rings is 1. The van der Waals surface area contributed by atoms with Crippen molar-refractivity contribution in [2.45, 2.75) is 31.7 Å². The molecule has 1 aromatic carbocycles. The van der Waals surface area contributed by atoms with E-state index in [1.54, 1.807) is 18.5 Å². The SMILES string of the molecule is CC(c1c(-c2cccc([N+](=O)[O-])c2F)nc(C2CC2)n1C)N(C)C(=O)O. The van der Waals surface area contributed by atoms with E-state index in [0.29, 0.717) is 5.69 Å². The van der Waals surface area contributed by atoms with Gasteiger partial charge in [-0.1, -0.05) is 6.07 Å². The van der Waals surface area contributed by atoms with Crippen LogP contribution in [0, 0.1) is 15.9 Å². The zero-order chi connectivity index (χ0) is 19.2. The van der Waals surface area contributed by atoms with E-state index < -0.39 is 28.6 Å². The summed E-state index contributed by atoms with van der Waals surface area (Å²) in [6.45, 7) is 1.68. The molecular weight excluding hydrogens is 343 g/mol. The number of carbonyl (C=O) groups is 1. The van der Waals surface area contributed by atoms with Crippen LogP contribution < -0.4 is 0 Å². The summed E-state index contributed by atoms with van der Waals surface area (Å²) in [5.41, 5.74) is 0.126. The summed E-state index contributed by atoms with van der Waals surface area (Å²) in [7, 11) is 3.19. The Labute approximate surface area is 149 Å². The molecule has 26 heavy (non-hydrogen) atoms. The first kappa shape index (κ1) is 17.8. The standard InChI is InChI=1S/C17H19FN4O4/c1-9(20(2)17(23)24)15-14(19-16(21(15)3)10-7-8-10)11-5-4-6-12(13(11)18)22(25)26/h4-6,9-10H,7-8H2,1-3H3,(H,23,24). The van der Waals surface area contributed by atoms with Gasteiger partial charge in [0.15, 0.2) is 0 Å². The molecule has 138 valence electrons. The van der Waals surface area contributed by atoms with Crippen molar-refractivity contribution in [3.8, 4) is 11.3 Å². The lowest BCUT2D eigenvalue weighted by Crippen LogP contribution is -2.29. The van der Waals surface area contributed by atoms with E-state index in [0.717, 1.165) is 29.6 Å². The predicted molar refractivity (Wildman–Crippen MR) is 91.4 cm³/mol. The van der Waals surface area contributed by atoms with E-state index in [4.69, 9.17) is 0 Å². The van der Waals surface area contributed by atoms with Crippen molar-refractivity contribution in [1.82, 2.24) is 14.5 Å². The molecule has 1 saturated carbocycles. The maximum Gasteiger partial charge on any atom is 0.407 e. The Morgan fingerprint density at radius 2 is 2.15 bits per heavy atom. The second-order valence-electron chi connectivity index (χ2n) is 6.50. The highest BCUT2D eigenvalue weighted by Crippen LogP contribution is 2.43. The molecule has 1 atom stereocenters. The normalized spacial score (nSPS) is 14.9. The number of nitrogens with zero attached hydrogens (tertiary/aromatic N) is 4. The van der Waals surface area contributed by atoms with Gasteiger partial charge in [0.1, 0.15) is 5.82 Å². The van der Waals surface area contributed by atoms with Crippen LogP contribution in [0.1, 0.15) is 43.2 Å². The fourth-order valence-electron chi connectivity index (χ4n) is 3.10. The van der Waals surface area contributed by atoms with Crippen LogP contribution in [-0.4, -0.2) is 37.6 Å². The van der Waals surface area contributed by atoms with E-state index >= 15 is 0 Å².